The van der Waals surface area contributed by atoms with Crippen LogP contribution < -0.4 is 5.73 Å². The van der Waals surface area contributed by atoms with Gasteiger partial charge in [0.2, 0.25) is 0 Å². The third-order valence-corrected chi connectivity index (χ3v) is 4.63. The van der Waals surface area contributed by atoms with Gasteiger partial charge in [-0.3, -0.25) is 0 Å². The van der Waals surface area contributed by atoms with Crippen LogP contribution in [0.25, 0.3) is 10.1 Å². The van der Waals surface area contributed by atoms with Crippen LogP contribution >= 0.6 is 11.3 Å². The van der Waals surface area contributed by atoms with Crippen molar-refractivity contribution in [1.82, 2.24) is 0 Å². The van der Waals surface area contributed by atoms with Crippen LogP contribution in [0.1, 0.15) is 23.3 Å². The van der Waals surface area contributed by atoms with Gasteiger partial charge in [-0.15, -0.1) is 11.3 Å². The van der Waals surface area contributed by atoms with Gasteiger partial charge in [-0.25, -0.2) is 0 Å². The Balaban J connectivity index is 2.29. The van der Waals surface area contributed by atoms with E-state index in [-0.39, 0.29) is 0 Å². The molecule has 1 aliphatic carbocycles. The van der Waals surface area contributed by atoms with Crippen LogP contribution in [0.5, 0.6) is 0 Å². The highest BCUT2D eigenvalue weighted by Crippen LogP contribution is 2.52. The zero-order valence-corrected chi connectivity index (χ0v) is 9.73. The fourth-order valence-corrected chi connectivity index (χ4v) is 3.72. The number of benzene rings is 1. The van der Waals surface area contributed by atoms with E-state index in [1.165, 1.54) is 33.4 Å². The number of aryl methyl sites for hydroxylation is 1. The normalized spacial score (nSPS) is 18.3. The van der Waals surface area contributed by atoms with E-state index in [2.05, 4.69) is 31.2 Å². The van der Waals surface area contributed by atoms with Gasteiger partial charge in [-0.05, 0) is 36.8 Å². The van der Waals surface area contributed by atoms with Gasteiger partial charge in [0, 0.05) is 21.5 Å². The van der Waals surface area contributed by atoms with Crippen molar-refractivity contribution < 1.29 is 0 Å². The summed E-state index contributed by atoms with van der Waals surface area (Å²) in [6.07, 6.45) is 2.54. The molecule has 2 aromatic rings. The molecule has 0 saturated heterocycles. The van der Waals surface area contributed by atoms with Gasteiger partial charge in [0.25, 0.3) is 0 Å². The predicted octanol–water partition coefficient (Wildman–Crippen LogP) is 3.20. The van der Waals surface area contributed by atoms with Gasteiger partial charge in [0.15, 0.2) is 0 Å². The molecule has 1 nitrogen and oxygen atoms in total. The number of hydrogen-bond donors (Lipinski definition) is 1. The quantitative estimate of drug-likeness (QED) is 0.821. The molecule has 0 spiro atoms. The van der Waals surface area contributed by atoms with Crippen molar-refractivity contribution in [2.75, 3.05) is 6.54 Å². The maximum atomic E-state index is 5.92. The first-order valence-corrected chi connectivity index (χ1v) is 6.27. The summed E-state index contributed by atoms with van der Waals surface area (Å²) in [5, 5.41) is 1.43. The average molecular weight is 217 g/mol. The Kier molecular flexibility index (Phi) is 1.91. The third-order valence-electron chi connectivity index (χ3n) is 3.55. The molecule has 1 aromatic carbocycles. The lowest BCUT2D eigenvalue weighted by Crippen LogP contribution is -2.20. The summed E-state index contributed by atoms with van der Waals surface area (Å²) >= 11 is 1.91. The van der Waals surface area contributed by atoms with Crippen molar-refractivity contribution in [3.8, 4) is 0 Å². The zero-order valence-electron chi connectivity index (χ0n) is 8.92. The largest absolute Gasteiger partial charge is 0.330 e. The van der Waals surface area contributed by atoms with Crippen molar-refractivity contribution in [1.29, 1.82) is 0 Å². The van der Waals surface area contributed by atoms with E-state index in [4.69, 9.17) is 5.73 Å². The highest BCUT2D eigenvalue weighted by atomic mass is 32.1. The lowest BCUT2D eigenvalue weighted by Gasteiger charge is -2.13. The molecule has 2 heteroatoms. The summed E-state index contributed by atoms with van der Waals surface area (Å²) in [6.45, 7) is 3.03. The monoisotopic (exact) mass is 217 g/mol. The third kappa shape index (κ3) is 1.25. The Hall–Kier alpha value is -0.860. The van der Waals surface area contributed by atoms with Crippen molar-refractivity contribution in [2.45, 2.75) is 25.2 Å². The maximum absolute atomic E-state index is 5.92. The Morgan fingerprint density at radius 1 is 1.33 bits per heavy atom. The van der Waals surface area contributed by atoms with E-state index in [0.29, 0.717) is 5.41 Å². The second kappa shape index (κ2) is 3.06. The first-order valence-electron chi connectivity index (χ1n) is 5.45. The SMILES string of the molecule is Cc1sc2ccccc2c1C1(CN)CC1. The van der Waals surface area contributed by atoms with Gasteiger partial charge in [0.1, 0.15) is 0 Å². The van der Waals surface area contributed by atoms with Crippen LogP contribution in [-0.4, -0.2) is 6.54 Å². The smallest absolute Gasteiger partial charge is 0.0348 e. The lowest BCUT2D eigenvalue weighted by molar-refractivity contribution is 0.709. The van der Waals surface area contributed by atoms with E-state index in [9.17, 15) is 0 Å². The Labute approximate surface area is 93.9 Å². The van der Waals surface area contributed by atoms with Crippen LogP contribution in [0, 0.1) is 6.92 Å². The summed E-state index contributed by atoms with van der Waals surface area (Å²) in [7, 11) is 0. The number of hydrogen-bond acceptors (Lipinski definition) is 2. The van der Waals surface area contributed by atoms with Crippen LogP contribution in [0.3, 0.4) is 0 Å². The predicted molar refractivity (Wildman–Crippen MR) is 66.5 cm³/mol. The number of fused-ring (bicyclic) bond motifs is 1. The molecule has 3 rings (SSSR count). The second-order valence-electron chi connectivity index (χ2n) is 4.51. The van der Waals surface area contributed by atoms with Crippen molar-refractivity contribution in [3.05, 3.63) is 34.7 Å². The van der Waals surface area contributed by atoms with Crippen LogP contribution in [0.15, 0.2) is 24.3 Å². The van der Waals surface area contributed by atoms with Gasteiger partial charge in [-0.1, -0.05) is 18.2 Å². The van der Waals surface area contributed by atoms with Gasteiger partial charge in [0.05, 0.1) is 0 Å². The molecule has 0 bridgehead atoms. The molecule has 0 atom stereocenters. The fraction of sp³-hybridized carbons (Fsp3) is 0.385. The molecular weight excluding hydrogens is 202 g/mol. The molecule has 1 saturated carbocycles. The standard InChI is InChI=1S/C13H15NS/c1-9-12(13(8-14)6-7-13)10-4-2-3-5-11(10)15-9/h2-5H,6-8,14H2,1H3. The van der Waals surface area contributed by atoms with Crippen LogP contribution in [-0.2, 0) is 5.41 Å². The van der Waals surface area contributed by atoms with Crippen LogP contribution in [0.2, 0.25) is 0 Å². The molecule has 0 unspecified atom stereocenters. The Morgan fingerprint density at radius 3 is 2.73 bits per heavy atom. The summed E-state index contributed by atoms with van der Waals surface area (Å²) in [6, 6.07) is 8.70. The molecule has 78 valence electrons. The first-order chi connectivity index (χ1) is 7.27. The van der Waals surface area contributed by atoms with E-state index < -0.39 is 0 Å². The van der Waals surface area contributed by atoms with Crippen molar-refractivity contribution >= 4 is 21.4 Å². The van der Waals surface area contributed by atoms with E-state index in [1.807, 2.05) is 11.3 Å². The molecule has 2 N–H and O–H groups in total. The summed E-state index contributed by atoms with van der Waals surface area (Å²) in [5.74, 6) is 0. The molecule has 0 radical (unpaired) electrons. The molecule has 1 fully saturated rings. The highest BCUT2D eigenvalue weighted by Gasteiger charge is 2.45. The highest BCUT2D eigenvalue weighted by molar-refractivity contribution is 7.19. The van der Waals surface area contributed by atoms with Gasteiger partial charge >= 0.3 is 0 Å². The minimum Gasteiger partial charge on any atom is -0.330 e. The summed E-state index contributed by atoms with van der Waals surface area (Å²) in [5.41, 5.74) is 7.78. The van der Waals surface area contributed by atoms with Gasteiger partial charge in [-0.2, -0.15) is 0 Å². The minimum atomic E-state index is 0.323. The minimum absolute atomic E-state index is 0.323. The average Bonchev–Trinajstić information content (AvgIpc) is 2.95. The molecule has 0 aliphatic heterocycles. The van der Waals surface area contributed by atoms with E-state index >= 15 is 0 Å². The fourth-order valence-electron chi connectivity index (χ4n) is 2.53. The Bertz CT molecular complexity index is 508. The summed E-state index contributed by atoms with van der Waals surface area (Å²) < 4.78 is 1.41. The second-order valence-corrected chi connectivity index (χ2v) is 5.77. The number of thiophene rings is 1. The van der Waals surface area contributed by atoms with E-state index in [1.54, 1.807) is 0 Å². The zero-order chi connectivity index (χ0) is 10.5. The topological polar surface area (TPSA) is 26.0 Å². The molecule has 1 heterocycles. The molecule has 1 aliphatic rings. The van der Waals surface area contributed by atoms with Crippen LogP contribution in [0.4, 0.5) is 0 Å². The molecule has 1 aromatic heterocycles. The van der Waals surface area contributed by atoms with E-state index in [0.717, 1.165) is 6.54 Å². The van der Waals surface area contributed by atoms with Crippen molar-refractivity contribution in [2.24, 2.45) is 5.73 Å². The molecular formula is C13H15NS. The lowest BCUT2D eigenvalue weighted by atomic mass is 9.93. The van der Waals surface area contributed by atoms with Gasteiger partial charge < -0.3 is 5.73 Å². The Morgan fingerprint density at radius 2 is 2.07 bits per heavy atom. The molecule has 15 heavy (non-hydrogen) atoms. The molecule has 0 amide bonds. The number of nitrogens with two attached hydrogens (primary N) is 1. The summed E-state index contributed by atoms with van der Waals surface area (Å²) in [4.78, 5) is 1.46. The first kappa shape index (κ1) is 9.37. The number of rotatable bonds is 2. The van der Waals surface area contributed by atoms with Crippen molar-refractivity contribution in [3.63, 3.8) is 0 Å². The maximum Gasteiger partial charge on any atom is 0.0348 e.